The zero-order valence-corrected chi connectivity index (χ0v) is 22.9. The van der Waals surface area contributed by atoms with Crippen molar-refractivity contribution in [1.29, 1.82) is 0 Å². The van der Waals surface area contributed by atoms with Crippen LogP contribution in [0.4, 0.5) is 4.39 Å². The van der Waals surface area contributed by atoms with E-state index in [0.29, 0.717) is 6.61 Å². The van der Waals surface area contributed by atoms with Gasteiger partial charge in [0.25, 0.3) is 0 Å². The van der Waals surface area contributed by atoms with E-state index < -0.39 is 24.6 Å². The molecule has 182 valence electrons. The van der Waals surface area contributed by atoms with Gasteiger partial charge in [-0.3, -0.25) is 9.78 Å². The van der Waals surface area contributed by atoms with Crippen molar-refractivity contribution in [3.8, 4) is 11.1 Å². The smallest absolute Gasteiger partial charge is 1.00 e. The molecule has 0 aliphatic carbocycles. The number of carboxylic acids is 1. The molecule has 1 aromatic heterocycles. The van der Waals surface area contributed by atoms with Crippen LogP contribution in [0.1, 0.15) is 76.3 Å². The summed E-state index contributed by atoms with van der Waals surface area (Å²) in [6, 6.07) is 6.23. The van der Waals surface area contributed by atoms with Crippen LogP contribution in [0.25, 0.3) is 17.2 Å². The predicted molar refractivity (Wildman–Crippen MR) is 128 cm³/mol. The number of ether oxygens (including phenoxy) is 1. The normalized spacial score (nSPS) is 13.4. The number of hydrogen-bond donors (Lipinski definition) is 3. The molecule has 2 atom stereocenters. The van der Waals surface area contributed by atoms with Gasteiger partial charge in [0.15, 0.2) is 0 Å². The number of halogens is 1. The number of carboxylic acid groups (broad SMARTS) is 1. The van der Waals surface area contributed by atoms with Crippen LogP contribution in [0.3, 0.4) is 0 Å². The van der Waals surface area contributed by atoms with Crippen LogP contribution < -0.4 is 29.6 Å². The molecule has 8 heteroatoms. The van der Waals surface area contributed by atoms with Gasteiger partial charge in [0.1, 0.15) is 5.82 Å². The van der Waals surface area contributed by atoms with E-state index >= 15 is 0 Å². The first kappa shape index (κ1) is 30.4. The molecule has 0 unspecified atom stereocenters. The predicted octanol–water partition coefficient (Wildman–Crippen LogP) is 2.00. The summed E-state index contributed by atoms with van der Waals surface area (Å²) in [5.74, 6) is -1.28. The molecular formula is C26H35FNNaO5. The Morgan fingerprint density at radius 3 is 2.21 bits per heavy atom. The number of carbonyl (C=O) groups is 1. The number of pyridine rings is 1. The molecule has 0 spiro atoms. The van der Waals surface area contributed by atoms with E-state index in [1.807, 2.05) is 13.8 Å². The second kappa shape index (κ2) is 14.1. The molecule has 0 bridgehead atoms. The van der Waals surface area contributed by atoms with Crippen LogP contribution >= 0.6 is 0 Å². The van der Waals surface area contributed by atoms with Crippen molar-refractivity contribution >= 4 is 12.0 Å². The zero-order chi connectivity index (χ0) is 24.7. The molecule has 3 N–H and O–H groups in total. The molecule has 0 saturated heterocycles. The van der Waals surface area contributed by atoms with Gasteiger partial charge in [0.2, 0.25) is 0 Å². The zero-order valence-electron chi connectivity index (χ0n) is 21.9. The van der Waals surface area contributed by atoms with Crippen molar-refractivity contribution < 1.29 is 60.2 Å². The number of hydrogen-bond acceptors (Lipinski definition) is 5. The minimum atomic E-state index is -1.16. The van der Waals surface area contributed by atoms with Gasteiger partial charge < -0.3 is 21.5 Å². The van der Waals surface area contributed by atoms with E-state index in [2.05, 4.69) is 13.8 Å². The first-order valence-electron chi connectivity index (χ1n) is 11.1. The number of rotatable bonds is 11. The monoisotopic (exact) mass is 483 g/mol. The standard InChI is InChI=1S/C26H34FNO5.Na.H/c1-15(2)25-21(11-10-19(29)12-20(30)13-23(31)32)24(17-6-8-18(27)9-7-17)22(14-33-5)26(28-25)16(3)4;;/h6-11,15-16,19-20,29-30H,12-14H2,1-5H3,(H,31,32);;/q;+1;-1/b11-10+;;/t19-,20-;;/m1../s1. The second-order valence-electron chi connectivity index (χ2n) is 8.81. The van der Waals surface area contributed by atoms with E-state index in [1.54, 1.807) is 25.3 Å². The van der Waals surface area contributed by atoms with Crippen LogP contribution in [0, 0.1) is 5.82 Å². The summed E-state index contributed by atoms with van der Waals surface area (Å²) >= 11 is 0. The van der Waals surface area contributed by atoms with Gasteiger partial charge in [-0.15, -0.1) is 0 Å². The van der Waals surface area contributed by atoms with Gasteiger partial charge in [-0.1, -0.05) is 52.0 Å². The Balaban J connectivity index is 0.00000578. The van der Waals surface area contributed by atoms with Crippen LogP contribution in [-0.2, 0) is 16.1 Å². The maximum absolute atomic E-state index is 13.7. The third kappa shape index (κ3) is 8.26. The number of nitrogens with zero attached hydrogens (tertiary/aromatic N) is 1. The third-order valence-corrected chi connectivity index (χ3v) is 5.32. The fourth-order valence-electron chi connectivity index (χ4n) is 3.85. The summed E-state index contributed by atoms with van der Waals surface area (Å²) in [5, 5.41) is 29.1. The van der Waals surface area contributed by atoms with E-state index in [-0.39, 0.29) is 55.1 Å². The molecule has 2 aromatic rings. The minimum Gasteiger partial charge on any atom is -1.00 e. The van der Waals surface area contributed by atoms with Crippen molar-refractivity contribution in [3.05, 3.63) is 58.7 Å². The van der Waals surface area contributed by atoms with Gasteiger partial charge in [0.05, 0.1) is 30.9 Å². The summed E-state index contributed by atoms with van der Waals surface area (Å²) in [4.78, 5) is 15.8. The van der Waals surface area contributed by atoms with E-state index in [9.17, 15) is 19.4 Å². The molecule has 0 radical (unpaired) electrons. The molecule has 0 aliphatic rings. The Bertz CT molecular complexity index is 983. The summed E-state index contributed by atoms with van der Waals surface area (Å²) in [7, 11) is 1.61. The van der Waals surface area contributed by atoms with Crippen LogP contribution in [0.5, 0.6) is 0 Å². The Morgan fingerprint density at radius 2 is 1.71 bits per heavy atom. The molecule has 6 nitrogen and oxygen atoms in total. The van der Waals surface area contributed by atoms with Gasteiger partial charge in [-0.2, -0.15) is 0 Å². The summed E-state index contributed by atoms with van der Waals surface area (Å²) in [5.41, 5.74) is 5.05. The van der Waals surface area contributed by atoms with Crippen LogP contribution in [0.2, 0.25) is 0 Å². The molecule has 1 heterocycles. The van der Waals surface area contributed by atoms with E-state index in [1.165, 1.54) is 18.2 Å². The SMILES string of the molecule is COCc1c(C(C)C)nc(C(C)C)c(/C=C/[C@@H](O)C[C@@H](O)CC(=O)O)c1-c1ccc(F)cc1.[H-].[Na+]. The van der Waals surface area contributed by atoms with Crippen LogP contribution in [0.15, 0.2) is 30.3 Å². The fourth-order valence-corrected chi connectivity index (χ4v) is 3.85. The van der Waals surface area contributed by atoms with Gasteiger partial charge in [-0.25, -0.2) is 4.39 Å². The summed E-state index contributed by atoms with van der Waals surface area (Å²) < 4.78 is 19.2. The van der Waals surface area contributed by atoms with Gasteiger partial charge >= 0.3 is 35.5 Å². The van der Waals surface area contributed by atoms with Gasteiger partial charge in [0, 0.05) is 30.4 Å². The number of methoxy groups -OCH3 is 1. The minimum absolute atomic E-state index is 0. The van der Waals surface area contributed by atoms with Crippen molar-refractivity contribution in [2.45, 2.75) is 71.2 Å². The van der Waals surface area contributed by atoms with Crippen molar-refractivity contribution in [2.24, 2.45) is 0 Å². The molecule has 34 heavy (non-hydrogen) atoms. The molecule has 0 aliphatic heterocycles. The molecule has 1 aromatic carbocycles. The van der Waals surface area contributed by atoms with E-state index in [4.69, 9.17) is 14.8 Å². The van der Waals surface area contributed by atoms with Gasteiger partial charge in [-0.05, 0) is 35.1 Å². The van der Waals surface area contributed by atoms with Crippen molar-refractivity contribution in [1.82, 2.24) is 4.98 Å². The summed E-state index contributed by atoms with van der Waals surface area (Å²) in [6.07, 6.45) is 0.541. The Hall–Kier alpha value is -1.61. The molecule has 2 rings (SSSR count). The van der Waals surface area contributed by atoms with Crippen LogP contribution in [-0.4, -0.2) is 45.6 Å². The molecule has 0 amide bonds. The Morgan fingerprint density at radius 1 is 1.12 bits per heavy atom. The first-order chi connectivity index (χ1) is 15.5. The Labute approximate surface area is 224 Å². The van der Waals surface area contributed by atoms with E-state index in [0.717, 1.165) is 33.6 Å². The number of aliphatic hydroxyl groups is 2. The fraction of sp³-hybridized carbons (Fsp3) is 0.462. The van der Waals surface area contributed by atoms with Crippen molar-refractivity contribution in [3.63, 3.8) is 0 Å². The molecule has 0 fully saturated rings. The first-order valence-corrected chi connectivity index (χ1v) is 11.1. The average Bonchev–Trinajstić information content (AvgIpc) is 2.72. The van der Waals surface area contributed by atoms with Crippen molar-refractivity contribution in [2.75, 3.05) is 7.11 Å². The number of aliphatic hydroxyl groups excluding tert-OH is 2. The maximum Gasteiger partial charge on any atom is 1.00 e. The average molecular weight is 484 g/mol. The molecule has 0 saturated carbocycles. The topological polar surface area (TPSA) is 99.9 Å². The number of benzene rings is 1. The maximum atomic E-state index is 13.7. The third-order valence-electron chi connectivity index (χ3n) is 5.32. The second-order valence-corrected chi connectivity index (χ2v) is 8.81. The number of aliphatic carboxylic acids is 1. The summed E-state index contributed by atoms with van der Waals surface area (Å²) in [6.45, 7) is 8.49. The molecular weight excluding hydrogens is 448 g/mol. The quantitative estimate of drug-likeness (QED) is 0.423. The number of aromatic nitrogens is 1. The Kier molecular flexibility index (Phi) is 12.6. The largest absolute Gasteiger partial charge is 1.00 e.